The van der Waals surface area contributed by atoms with Crippen LogP contribution < -0.4 is 4.74 Å². The standard InChI is InChI=1S/C20H24BrNO3/c21-17-7-3-15(4-8-17)16-5-9-20(10-6-16)25-14-19(24)13-22-11-1-2-18(23)12-22/h3-10,18-19,23-24H,1-2,11-14H2. The van der Waals surface area contributed by atoms with Gasteiger partial charge in [-0.25, -0.2) is 0 Å². The summed E-state index contributed by atoms with van der Waals surface area (Å²) in [6, 6.07) is 16.1. The highest BCUT2D eigenvalue weighted by molar-refractivity contribution is 9.10. The number of aliphatic hydroxyl groups excluding tert-OH is 2. The third kappa shape index (κ3) is 5.54. The van der Waals surface area contributed by atoms with E-state index in [1.165, 1.54) is 0 Å². The fourth-order valence-electron chi connectivity index (χ4n) is 3.13. The maximum atomic E-state index is 10.2. The molecular weight excluding hydrogens is 382 g/mol. The minimum atomic E-state index is -0.559. The first-order valence-corrected chi connectivity index (χ1v) is 9.47. The third-order valence-electron chi connectivity index (χ3n) is 4.42. The highest BCUT2D eigenvalue weighted by Crippen LogP contribution is 2.24. The molecule has 2 atom stereocenters. The van der Waals surface area contributed by atoms with Crippen LogP contribution in [-0.2, 0) is 0 Å². The van der Waals surface area contributed by atoms with Gasteiger partial charge in [0.05, 0.1) is 6.10 Å². The number of nitrogens with zero attached hydrogens (tertiary/aromatic N) is 1. The molecule has 2 aromatic rings. The first kappa shape index (κ1) is 18.4. The molecule has 1 heterocycles. The van der Waals surface area contributed by atoms with Crippen LogP contribution >= 0.6 is 15.9 Å². The van der Waals surface area contributed by atoms with Gasteiger partial charge in [-0.2, -0.15) is 0 Å². The molecule has 3 rings (SSSR count). The molecule has 1 fully saturated rings. The first-order chi connectivity index (χ1) is 12.1. The molecule has 0 spiro atoms. The van der Waals surface area contributed by atoms with Crippen LogP contribution in [0, 0.1) is 0 Å². The molecule has 4 nitrogen and oxygen atoms in total. The van der Waals surface area contributed by atoms with Gasteiger partial charge in [0, 0.05) is 17.6 Å². The number of halogens is 1. The molecule has 0 bridgehead atoms. The number of ether oxygens (including phenoxy) is 1. The zero-order valence-corrected chi connectivity index (χ0v) is 15.7. The van der Waals surface area contributed by atoms with E-state index in [0.29, 0.717) is 13.1 Å². The van der Waals surface area contributed by atoms with Gasteiger partial charge in [0.2, 0.25) is 0 Å². The first-order valence-electron chi connectivity index (χ1n) is 8.67. The van der Waals surface area contributed by atoms with E-state index >= 15 is 0 Å². The summed E-state index contributed by atoms with van der Waals surface area (Å²) < 4.78 is 6.76. The van der Waals surface area contributed by atoms with Gasteiger partial charge in [-0.1, -0.05) is 40.2 Å². The predicted molar refractivity (Wildman–Crippen MR) is 103 cm³/mol. The molecule has 1 aliphatic heterocycles. The maximum Gasteiger partial charge on any atom is 0.119 e. The lowest BCUT2D eigenvalue weighted by Gasteiger charge is -2.31. The molecule has 1 saturated heterocycles. The zero-order valence-electron chi connectivity index (χ0n) is 14.1. The lowest BCUT2D eigenvalue weighted by Crippen LogP contribution is -2.43. The second-order valence-corrected chi connectivity index (χ2v) is 7.47. The zero-order chi connectivity index (χ0) is 17.6. The summed E-state index contributed by atoms with van der Waals surface area (Å²) in [5.74, 6) is 0.749. The number of β-amino-alcohol motifs (C(OH)–C–C–N with tert-alkyl or cyclic N) is 2. The minimum absolute atomic E-state index is 0.254. The number of likely N-dealkylation sites (tertiary alicyclic amines) is 1. The Morgan fingerprint density at radius 1 is 1.08 bits per heavy atom. The van der Waals surface area contributed by atoms with E-state index in [2.05, 4.69) is 33.0 Å². The number of hydrogen-bond acceptors (Lipinski definition) is 4. The highest BCUT2D eigenvalue weighted by atomic mass is 79.9. The number of rotatable bonds is 6. The molecule has 0 amide bonds. The maximum absolute atomic E-state index is 10.2. The van der Waals surface area contributed by atoms with Gasteiger partial charge in [0.15, 0.2) is 0 Å². The van der Waals surface area contributed by atoms with Crippen LogP contribution in [0.15, 0.2) is 53.0 Å². The van der Waals surface area contributed by atoms with E-state index in [0.717, 1.165) is 40.7 Å². The molecule has 0 saturated carbocycles. The Morgan fingerprint density at radius 2 is 1.72 bits per heavy atom. The highest BCUT2D eigenvalue weighted by Gasteiger charge is 2.20. The molecule has 0 aromatic heterocycles. The van der Waals surface area contributed by atoms with Gasteiger partial charge >= 0.3 is 0 Å². The average molecular weight is 406 g/mol. The van der Waals surface area contributed by atoms with Crippen LogP contribution in [0.25, 0.3) is 11.1 Å². The Hall–Kier alpha value is -1.40. The molecule has 0 radical (unpaired) electrons. The molecule has 134 valence electrons. The van der Waals surface area contributed by atoms with E-state index in [9.17, 15) is 10.2 Å². The van der Waals surface area contributed by atoms with E-state index in [4.69, 9.17) is 4.74 Å². The van der Waals surface area contributed by atoms with Crippen LogP contribution in [0.2, 0.25) is 0 Å². The van der Waals surface area contributed by atoms with Crippen molar-refractivity contribution in [2.75, 3.05) is 26.2 Å². The molecule has 2 N–H and O–H groups in total. The van der Waals surface area contributed by atoms with Crippen LogP contribution in [0.5, 0.6) is 5.75 Å². The number of piperidine rings is 1. The van der Waals surface area contributed by atoms with Gasteiger partial charge in [0.1, 0.15) is 18.5 Å². The van der Waals surface area contributed by atoms with Crippen molar-refractivity contribution in [3.05, 3.63) is 53.0 Å². The second kappa shape index (κ2) is 8.81. The molecule has 2 aromatic carbocycles. The third-order valence-corrected chi connectivity index (χ3v) is 4.95. The van der Waals surface area contributed by atoms with Crippen LogP contribution in [-0.4, -0.2) is 53.6 Å². The normalized spacial score (nSPS) is 19.6. The van der Waals surface area contributed by atoms with Gasteiger partial charge in [0.25, 0.3) is 0 Å². The van der Waals surface area contributed by atoms with Crippen molar-refractivity contribution in [3.8, 4) is 16.9 Å². The molecule has 25 heavy (non-hydrogen) atoms. The van der Waals surface area contributed by atoms with Crippen molar-refractivity contribution in [2.45, 2.75) is 25.0 Å². The Bertz CT molecular complexity index is 660. The summed E-state index contributed by atoms with van der Waals surface area (Å²) in [7, 11) is 0. The Labute approximate surface area is 157 Å². The summed E-state index contributed by atoms with van der Waals surface area (Å²) in [4.78, 5) is 2.10. The smallest absolute Gasteiger partial charge is 0.119 e. The lowest BCUT2D eigenvalue weighted by atomic mass is 10.1. The number of benzene rings is 2. The lowest BCUT2D eigenvalue weighted by molar-refractivity contribution is 0.0243. The van der Waals surface area contributed by atoms with Gasteiger partial charge in [-0.3, -0.25) is 4.90 Å². The minimum Gasteiger partial charge on any atom is -0.491 e. The van der Waals surface area contributed by atoms with Crippen molar-refractivity contribution < 1.29 is 14.9 Å². The van der Waals surface area contributed by atoms with Crippen LogP contribution in [0.3, 0.4) is 0 Å². The average Bonchev–Trinajstić information content (AvgIpc) is 2.61. The fourth-order valence-corrected chi connectivity index (χ4v) is 3.39. The van der Waals surface area contributed by atoms with E-state index in [-0.39, 0.29) is 12.7 Å². The Kier molecular flexibility index (Phi) is 6.48. The Balaban J connectivity index is 1.49. The topological polar surface area (TPSA) is 52.9 Å². The SMILES string of the molecule is OC1CCCN(CC(O)COc2ccc(-c3ccc(Br)cc3)cc2)C1. The van der Waals surface area contributed by atoms with Crippen LogP contribution in [0.1, 0.15) is 12.8 Å². The van der Waals surface area contributed by atoms with E-state index in [1.807, 2.05) is 36.4 Å². The molecule has 0 aliphatic carbocycles. The molecule has 1 aliphatic rings. The monoisotopic (exact) mass is 405 g/mol. The van der Waals surface area contributed by atoms with Crippen molar-refractivity contribution in [3.63, 3.8) is 0 Å². The second-order valence-electron chi connectivity index (χ2n) is 6.55. The summed E-state index contributed by atoms with van der Waals surface area (Å²) in [6.45, 7) is 2.35. The van der Waals surface area contributed by atoms with Gasteiger partial charge < -0.3 is 14.9 Å². The number of aliphatic hydroxyl groups is 2. The summed E-state index contributed by atoms with van der Waals surface area (Å²) >= 11 is 3.44. The fraction of sp³-hybridized carbons (Fsp3) is 0.400. The summed E-state index contributed by atoms with van der Waals surface area (Å²) in [5, 5.41) is 19.8. The predicted octanol–water partition coefficient (Wildman–Crippen LogP) is 3.31. The summed E-state index contributed by atoms with van der Waals surface area (Å²) in [5.41, 5.74) is 2.28. The summed E-state index contributed by atoms with van der Waals surface area (Å²) in [6.07, 6.45) is 1.00. The molecule has 2 unspecified atom stereocenters. The number of hydrogen-bond donors (Lipinski definition) is 2. The van der Waals surface area contributed by atoms with Crippen molar-refractivity contribution in [1.82, 2.24) is 4.90 Å². The quantitative estimate of drug-likeness (QED) is 0.773. The molecule has 5 heteroatoms. The largest absolute Gasteiger partial charge is 0.491 e. The van der Waals surface area contributed by atoms with Gasteiger partial charge in [-0.15, -0.1) is 0 Å². The van der Waals surface area contributed by atoms with Crippen molar-refractivity contribution >= 4 is 15.9 Å². The van der Waals surface area contributed by atoms with E-state index in [1.54, 1.807) is 0 Å². The van der Waals surface area contributed by atoms with Crippen LogP contribution in [0.4, 0.5) is 0 Å². The molecular formula is C20H24BrNO3. The van der Waals surface area contributed by atoms with Crippen molar-refractivity contribution in [2.24, 2.45) is 0 Å². The Morgan fingerprint density at radius 3 is 2.36 bits per heavy atom. The van der Waals surface area contributed by atoms with E-state index < -0.39 is 6.10 Å². The van der Waals surface area contributed by atoms with Crippen molar-refractivity contribution in [1.29, 1.82) is 0 Å². The van der Waals surface area contributed by atoms with Gasteiger partial charge in [-0.05, 0) is 54.8 Å².